The number of aromatic nitrogens is 2. The normalized spacial score (nSPS) is 18.5. The zero-order valence-electron chi connectivity index (χ0n) is 24.4. The fourth-order valence-corrected chi connectivity index (χ4v) is 4.37. The third-order valence-corrected chi connectivity index (χ3v) is 6.41. The van der Waals surface area contributed by atoms with Gasteiger partial charge >= 0.3 is 11.7 Å². The van der Waals surface area contributed by atoms with Gasteiger partial charge in [-0.3, -0.25) is 23.7 Å². The standard InChI is InChI=1S/C31H30N4O11/c1-4-13-32-23(36)18-44-28-27(45-20-26(39)40)22(17-43-19-25(38)33(14-5-2)15-6-3)46-30(28)34-16-12-24(37)35(31(34)42)29(41)21-10-8-7-9-11-21/h1-3,7-12,16,22,27-28,30H,13-15,17-20H2,(H,32,36)(H,39,40)/t22-,27+,28?,30-/m1/s1. The average Bonchev–Trinajstić information content (AvgIpc) is 3.38. The first-order valence-corrected chi connectivity index (χ1v) is 13.6. The zero-order valence-corrected chi connectivity index (χ0v) is 24.4. The summed E-state index contributed by atoms with van der Waals surface area (Å²) in [6.07, 6.45) is 11.4. The fourth-order valence-electron chi connectivity index (χ4n) is 4.37. The molecule has 1 aliphatic heterocycles. The largest absolute Gasteiger partial charge is 0.480 e. The number of hydrogen-bond donors (Lipinski definition) is 2. The second-order valence-electron chi connectivity index (χ2n) is 9.51. The molecule has 1 aromatic heterocycles. The molecule has 0 saturated carbocycles. The molecule has 1 saturated heterocycles. The second kappa shape index (κ2) is 17.1. The van der Waals surface area contributed by atoms with Crippen LogP contribution in [0.2, 0.25) is 0 Å². The van der Waals surface area contributed by atoms with Crippen molar-refractivity contribution >= 4 is 23.7 Å². The highest BCUT2D eigenvalue weighted by Gasteiger charge is 2.48. The molecule has 46 heavy (non-hydrogen) atoms. The lowest BCUT2D eigenvalue weighted by atomic mass is 10.1. The van der Waals surface area contributed by atoms with Crippen LogP contribution in [0.5, 0.6) is 0 Å². The Morgan fingerprint density at radius 1 is 0.935 bits per heavy atom. The molecule has 2 amide bonds. The Hall–Kier alpha value is -5.50. The van der Waals surface area contributed by atoms with Crippen molar-refractivity contribution < 1.29 is 43.2 Å². The summed E-state index contributed by atoms with van der Waals surface area (Å²) in [6.45, 7) is -2.64. The van der Waals surface area contributed by atoms with Crippen LogP contribution in [0.3, 0.4) is 0 Å². The van der Waals surface area contributed by atoms with Crippen molar-refractivity contribution in [1.29, 1.82) is 0 Å². The van der Waals surface area contributed by atoms with Crippen LogP contribution in [0.4, 0.5) is 0 Å². The monoisotopic (exact) mass is 634 g/mol. The summed E-state index contributed by atoms with van der Waals surface area (Å²) in [4.78, 5) is 77.0. The van der Waals surface area contributed by atoms with E-state index < -0.39 is 85.9 Å². The number of carbonyl (C=O) groups excluding carboxylic acids is 3. The highest BCUT2D eigenvalue weighted by molar-refractivity contribution is 5.95. The first-order chi connectivity index (χ1) is 22.1. The van der Waals surface area contributed by atoms with Crippen LogP contribution in [-0.2, 0) is 33.3 Å². The topological polar surface area (TPSA) is 185 Å². The first kappa shape index (κ1) is 35.0. The lowest BCUT2D eigenvalue weighted by molar-refractivity contribution is -0.151. The van der Waals surface area contributed by atoms with Gasteiger partial charge in [-0.1, -0.05) is 36.0 Å². The second-order valence-corrected chi connectivity index (χ2v) is 9.51. The fraction of sp³-hybridized carbons (Fsp3) is 0.355. The summed E-state index contributed by atoms with van der Waals surface area (Å²) >= 11 is 0. The molecule has 0 bridgehead atoms. The van der Waals surface area contributed by atoms with Crippen LogP contribution in [0.25, 0.3) is 0 Å². The molecule has 2 aromatic rings. The van der Waals surface area contributed by atoms with Crippen molar-refractivity contribution in [2.45, 2.75) is 24.5 Å². The van der Waals surface area contributed by atoms with Gasteiger partial charge in [0.05, 0.1) is 26.2 Å². The Morgan fingerprint density at radius 3 is 2.24 bits per heavy atom. The van der Waals surface area contributed by atoms with Crippen molar-refractivity contribution in [2.75, 3.05) is 46.1 Å². The Balaban J connectivity index is 1.98. The van der Waals surface area contributed by atoms with Crippen LogP contribution in [0.1, 0.15) is 16.6 Å². The number of nitrogens with zero attached hydrogens (tertiary/aromatic N) is 3. The quantitative estimate of drug-likeness (QED) is 0.213. The Kier molecular flexibility index (Phi) is 13.0. The molecule has 0 spiro atoms. The van der Waals surface area contributed by atoms with Gasteiger partial charge in [-0.05, 0) is 12.1 Å². The number of carbonyl (C=O) groups is 4. The smallest absolute Gasteiger partial charge is 0.340 e. The summed E-state index contributed by atoms with van der Waals surface area (Å²) in [5.41, 5.74) is -2.00. The molecule has 4 atom stereocenters. The minimum absolute atomic E-state index is 0.0482. The maximum Gasteiger partial charge on any atom is 0.340 e. The van der Waals surface area contributed by atoms with Gasteiger partial charge in [-0.15, -0.1) is 19.3 Å². The van der Waals surface area contributed by atoms with Crippen LogP contribution in [0, 0.1) is 37.0 Å². The maximum atomic E-state index is 13.6. The molecule has 240 valence electrons. The molecular formula is C31H30N4O11. The summed E-state index contributed by atoms with van der Waals surface area (Å²) < 4.78 is 24.2. The van der Waals surface area contributed by atoms with Gasteiger partial charge < -0.3 is 34.3 Å². The summed E-state index contributed by atoms with van der Waals surface area (Å²) in [6, 6.07) is 8.52. The van der Waals surface area contributed by atoms with E-state index in [9.17, 15) is 33.9 Å². The number of rotatable bonds is 15. The van der Waals surface area contributed by atoms with Crippen LogP contribution in [-0.4, -0.2) is 107 Å². The van der Waals surface area contributed by atoms with Crippen molar-refractivity contribution in [1.82, 2.24) is 19.4 Å². The van der Waals surface area contributed by atoms with Gasteiger partial charge in [0.15, 0.2) is 6.23 Å². The molecular weight excluding hydrogens is 604 g/mol. The van der Waals surface area contributed by atoms with E-state index in [0.717, 1.165) is 16.8 Å². The molecule has 1 unspecified atom stereocenters. The summed E-state index contributed by atoms with van der Waals surface area (Å²) in [5.74, 6) is 3.37. The van der Waals surface area contributed by atoms with E-state index in [1.165, 1.54) is 17.0 Å². The van der Waals surface area contributed by atoms with Gasteiger partial charge in [0, 0.05) is 17.8 Å². The van der Waals surface area contributed by atoms with Crippen molar-refractivity contribution in [3.05, 3.63) is 69.0 Å². The number of hydrogen-bond acceptors (Lipinski definition) is 10. The van der Waals surface area contributed by atoms with Gasteiger partial charge in [0.1, 0.15) is 38.1 Å². The maximum absolute atomic E-state index is 13.6. The molecule has 15 heteroatoms. The minimum Gasteiger partial charge on any atom is -0.480 e. The average molecular weight is 635 g/mol. The van der Waals surface area contributed by atoms with Gasteiger partial charge in [0.25, 0.3) is 11.5 Å². The van der Waals surface area contributed by atoms with E-state index in [1.807, 2.05) is 0 Å². The van der Waals surface area contributed by atoms with Crippen molar-refractivity contribution in [2.24, 2.45) is 0 Å². The molecule has 2 N–H and O–H groups in total. The summed E-state index contributed by atoms with van der Waals surface area (Å²) in [5, 5.41) is 11.7. The molecule has 15 nitrogen and oxygen atoms in total. The number of nitrogens with one attached hydrogen (secondary N) is 1. The summed E-state index contributed by atoms with van der Waals surface area (Å²) in [7, 11) is 0. The molecule has 0 radical (unpaired) electrons. The number of aliphatic carboxylic acids is 1. The predicted octanol–water partition coefficient (Wildman–Crippen LogP) is -1.69. The van der Waals surface area contributed by atoms with E-state index in [-0.39, 0.29) is 25.2 Å². The number of terminal acetylenes is 3. The van der Waals surface area contributed by atoms with E-state index in [4.69, 9.17) is 38.2 Å². The Labute approximate surface area is 263 Å². The highest BCUT2D eigenvalue weighted by atomic mass is 16.6. The Bertz CT molecular complexity index is 1650. The number of carboxylic acid groups (broad SMARTS) is 1. The Morgan fingerprint density at radius 2 is 1.61 bits per heavy atom. The molecule has 2 heterocycles. The third kappa shape index (κ3) is 9.01. The lowest BCUT2D eigenvalue weighted by Crippen LogP contribution is -2.47. The van der Waals surface area contributed by atoms with E-state index in [2.05, 4.69) is 23.1 Å². The number of benzene rings is 1. The molecule has 3 rings (SSSR count). The minimum atomic E-state index is -1.48. The van der Waals surface area contributed by atoms with E-state index in [1.54, 1.807) is 18.2 Å². The first-order valence-electron chi connectivity index (χ1n) is 13.6. The van der Waals surface area contributed by atoms with Gasteiger partial charge in [0.2, 0.25) is 11.8 Å². The zero-order chi connectivity index (χ0) is 33.6. The van der Waals surface area contributed by atoms with Gasteiger partial charge in [-0.2, -0.15) is 4.57 Å². The molecule has 1 aliphatic rings. The highest BCUT2D eigenvalue weighted by Crippen LogP contribution is 2.33. The van der Waals surface area contributed by atoms with E-state index in [0.29, 0.717) is 4.57 Å². The number of carboxylic acids is 1. The van der Waals surface area contributed by atoms with Crippen molar-refractivity contribution in [3.8, 4) is 37.0 Å². The molecule has 1 aromatic carbocycles. The number of amides is 2. The third-order valence-electron chi connectivity index (χ3n) is 6.41. The van der Waals surface area contributed by atoms with Gasteiger partial charge in [-0.25, -0.2) is 9.59 Å². The SMILES string of the molecule is C#CCNC(=O)COC1[C@@H](OCC(=O)O)[C@@H](COCC(=O)N(CC#C)CC#C)O[C@H]1n1ccc(=O)n(C(=O)c2ccccc2)c1=O. The van der Waals surface area contributed by atoms with Crippen molar-refractivity contribution in [3.63, 3.8) is 0 Å². The molecule has 0 aliphatic carbocycles. The van der Waals surface area contributed by atoms with Crippen LogP contribution < -0.4 is 16.6 Å². The predicted molar refractivity (Wildman–Crippen MR) is 159 cm³/mol. The van der Waals surface area contributed by atoms with Crippen LogP contribution >= 0.6 is 0 Å². The van der Waals surface area contributed by atoms with Crippen LogP contribution in [0.15, 0.2) is 52.2 Å². The molecule has 1 fully saturated rings. The number of ether oxygens (including phenoxy) is 4. The van der Waals surface area contributed by atoms with E-state index >= 15 is 0 Å². The lowest BCUT2D eigenvalue weighted by Gasteiger charge is -2.25.